The predicted octanol–water partition coefficient (Wildman–Crippen LogP) is 2.54. The van der Waals surface area contributed by atoms with Gasteiger partial charge >= 0.3 is 0 Å². The second kappa shape index (κ2) is 5.81. The summed E-state index contributed by atoms with van der Waals surface area (Å²) in [7, 11) is -3.49. The highest BCUT2D eigenvalue weighted by Gasteiger charge is 2.16. The van der Waals surface area contributed by atoms with Crippen LogP contribution >= 0.6 is 38.6 Å². The molecule has 4 nitrogen and oxygen atoms in total. The van der Waals surface area contributed by atoms with Crippen molar-refractivity contribution in [1.82, 2.24) is 4.72 Å². The Labute approximate surface area is 121 Å². The van der Waals surface area contributed by atoms with E-state index in [9.17, 15) is 8.42 Å². The molecule has 2 heterocycles. The van der Waals surface area contributed by atoms with Crippen LogP contribution in [0, 0.1) is 0 Å². The van der Waals surface area contributed by atoms with E-state index in [2.05, 4.69) is 20.7 Å². The van der Waals surface area contributed by atoms with Crippen LogP contribution in [0.5, 0.6) is 0 Å². The summed E-state index contributed by atoms with van der Waals surface area (Å²) in [5, 5.41) is 8.92. The lowest BCUT2D eigenvalue weighted by molar-refractivity contribution is 0.285. The molecule has 0 fully saturated rings. The molecule has 98 valence electrons. The summed E-state index contributed by atoms with van der Waals surface area (Å²) in [6.45, 7) is 0.128. The van der Waals surface area contributed by atoms with Crippen molar-refractivity contribution in [3.63, 3.8) is 0 Å². The second-order valence-corrected chi connectivity index (χ2v) is 9.12. The van der Waals surface area contributed by atoms with Crippen molar-refractivity contribution in [3.05, 3.63) is 37.8 Å². The summed E-state index contributed by atoms with van der Waals surface area (Å²) in [5.74, 6) is 0. The van der Waals surface area contributed by atoms with Crippen LogP contribution in [0.3, 0.4) is 0 Å². The van der Waals surface area contributed by atoms with Gasteiger partial charge in [0.1, 0.15) is 4.21 Å². The molecular weight excluding hydrogens is 358 g/mol. The molecule has 2 aromatic rings. The average molecular weight is 368 g/mol. The zero-order valence-electron chi connectivity index (χ0n) is 9.09. The number of thiophene rings is 2. The quantitative estimate of drug-likeness (QED) is 0.853. The first-order valence-corrected chi connectivity index (χ1v) is 8.85. The molecule has 0 aliphatic carbocycles. The molecule has 0 aliphatic rings. The molecule has 0 bridgehead atoms. The van der Waals surface area contributed by atoms with Crippen molar-refractivity contribution < 1.29 is 13.5 Å². The van der Waals surface area contributed by atoms with Gasteiger partial charge in [0.25, 0.3) is 0 Å². The molecular formula is C10H10BrNO3S3. The Kier molecular flexibility index (Phi) is 4.57. The van der Waals surface area contributed by atoms with Crippen LogP contribution in [-0.2, 0) is 23.2 Å². The molecule has 0 aromatic carbocycles. The average Bonchev–Trinajstić information content (AvgIpc) is 2.95. The molecule has 0 unspecified atom stereocenters. The zero-order valence-corrected chi connectivity index (χ0v) is 13.1. The highest BCUT2D eigenvalue weighted by Crippen LogP contribution is 2.24. The molecule has 0 aliphatic heterocycles. The second-order valence-electron chi connectivity index (χ2n) is 3.41. The lowest BCUT2D eigenvalue weighted by Crippen LogP contribution is -2.21. The number of rotatable bonds is 5. The Balaban J connectivity index is 2.07. The number of nitrogens with one attached hydrogen (secondary N) is 1. The SMILES string of the molecule is O=S(=O)(NCc1ccc(Br)s1)c1ccc(CO)s1. The minimum absolute atomic E-state index is 0.141. The zero-order chi connectivity index (χ0) is 13.2. The Morgan fingerprint density at radius 3 is 2.44 bits per heavy atom. The minimum Gasteiger partial charge on any atom is -0.391 e. The van der Waals surface area contributed by atoms with Gasteiger partial charge in [0, 0.05) is 16.3 Å². The van der Waals surface area contributed by atoms with Crippen LogP contribution in [0.4, 0.5) is 0 Å². The van der Waals surface area contributed by atoms with Crippen LogP contribution in [-0.4, -0.2) is 13.5 Å². The van der Waals surface area contributed by atoms with E-state index in [1.54, 1.807) is 6.07 Å². The number of aliphatic hydroxyl groups is 1. The molecule has 0 saturated heterocycles. The fraction of sp³-hybridized carbons (Fsp3) is 0.200. The molecule has 0 radical (unpaired) electrons. The molecule has 2 aromatic heterocycles. The van der Waals surface area contributed by atoms with Gasteiger partial charge in [-0.3, -0.25) is 0 Å². The number of hydrogen-bond acceptors (Lipinski definition) is 5. The first kappa shape index (κ1) is 14.2. The van der Waals surface area contributed by atoms with Crippen molar-refractivity contribution >= 4 is 48.6 Å². The molecule has 0 amide bonds. The molecule has 2 rings (SSSR count). The van der Waals surface area contributed by atoms with Gasteiger partial charge in [0.15, 0.2) is 0 Å². The van der Waals surface area contributed by atoms with Crippen molar-refractivity contribution in [2.45, 2.75) is 17.4 Å². The van der Waals surface area contributed by atoms with Gasteiger partial charge in [-0.2, -0.15) is 0 Å². The van der Waals surface area contributed by atoms with Gasteiger partial charge < -0.3 is 5.11 Å². The maximum atomic E-state index is 12.0. The van der Waals surface area contributed by atoms with E-state index >= 15 is 0 Å². The topological polar surface area (TPSA) is 66.4 Å². The third kappa shape index (κ3) is 3.40. The predicted molar refractivity (Wildman–Crippen MR) is 76.3 cm³/mol. The number of sulfonamides is 1. The summed E-state index contributed by atoms with van der Waals surface area (Å²) in [6.07, 6.45) is 0. The van der Waals surface area contributed by atoms with Gasteiger partial charge in [0.2, 0.25) is 10.0 Å². The molecule has 8 heteroatoms. The summed E-state index contributed by atoms with van der Waals surface area (Å²) in [4.78, 5) is 1.57. The Hall–Kier alpha value is -0.250. The summed E-state index contributed by atoms with van der Waals surface area (Å²) in [6, 6.07) is 6.86. The third-order valence-electron chi connectivity index (χ3n) is 2.12. The van der Waals surface area contributed by atoms with E-state index in [0.29, 0.717) is 4.88 Å². The maximum absolute atomic E-state index is 12.0. The Morgan fingerprint density at radius 1 is 1.17 bits per heavy atom. The monoisotopic (exact) mass is 367 g/mol. The Bertz CT molecular complexity index is 632. The van der Waals surface area contributed by atoms with Crippen molar-refractivity contribution in [2.24, 2.45) is 0 Å². The van der Waals surface area contributed by atoms with Crippen LogP contribution in [0.1, 0.15) is 9.75 Å². The maximum Gasteiger partial charge on any atom is 0.250 e. The van der Waals surface area contributed by atoms with E-state index in [1.807, 2.05) is 12.1 Å². The van der Waals surface area contributed by atoms with Gasteiger partial charge in [-0.15, -0.1) is 22.7 Å². The fourth-order valence-corrected chi connectivity index (χ4v) is 5.05. The first-order chi connectivity index (χ1) is 8.51. The van der Waals surface area contributed by atoms with Crippen molar-refractivity contribution in [2.75, 3.05) is 0 Å². The van der Waals surface area contributed by atoms with Crippen molar-refractivity contribution in [3.8, 4) is 0 Å². The van der Waals surface area contributed by atoms with Gasteiger partial charge in [-0.1, -0.05) is 0 Å². The van der Waals surface area contributed by atoms with Gasteiger partial charge in [-0.25, -0.2) is 13.1 Å². The van der Waals surface area contributed by atoms with Gasteiger partial charge in [-0.05, 0) is 40.2 Å². The van der Waals surface area contributed by atoms with E-state index in [1.165, 1.54) is 17.4 Å². The van der Waals surface area contributed by atoms with E-state index in [4.69, 9.17) is 5.11 Å². The normalized spacial score (nSPS) is 11.9. The lowest BCUT2D eigenvalue weighted by Gasteiger charge is -2.02. The summed E-state index contributed by atoms with van der Waals surface area (Å²) >= 11 is 5.89. The van der Waals surface area contributed by atoms with E-state index < -0.39 is 10.0 Å². The lowest BCUT2D eigenvalue weighted by atomic mass is 10.5. The van der Waals surface area contributed by atoms with Crippen molar-refractivity contribution in [1.29, 1.82) is 0 Å². The number of halogens is 1. The highest BCUT2D eigenvalue weighted by atomic mass is 79.9. The molecule has 0 saturated carbocycles. The molecule has 2 N–H and O–H groups in total. The number of aliphatic hydroxyl groups excluding tert-OH is 1. The minimum atomic E-state index is -3.49. The van der Waals surface area contributed by atoms with Crippen LogP contribution in [0.15, 0.2) is 32.3 Å². The van der Waals surface area contributed by atoms with Gasteiger partial charge in [0.05, 0.1) is 10.4 Å². The standard InChI is InChI=1S/C10H10BrNO3S3/c11-9-3-1-7(16-9)5-12-18(14,15)10-4-2-8(6-13)17-10/h1-4,12-13H,5-6H2. The third-order valence-corrected chi connectivity index (χ3v) is 6.71. The number of hydrogen-bond donors (Lipinski definition) is 2. The summed E-state index contributed by atoms with van der Waals surface area (Å²) < 4.78 is 27.6. The van der Waals surface area contributed by atoms with E-state index in [0.717, 1.165) is 20.0 Å². The van der Waals surface area contributed by atoms with Crippen LogP contribution in [0.25, 0.3) is 0 Å². The highest BCUT2D eigenvalue weighted by molar-refractivity contribution is 9.11. The summed E-state index contributed by atoms with van der Waals surface area (Å²) in [5.41, 5.74) is 0. The molecule has 0 atom stereocenters. The fourth-order valence-electron chi connectivity index (χ4n) is 1.27. The van der Waals surface area contributed by atoms with Crippen LogP contribution < -0.4 is 4.72 Å². The Morgan fingerprint density at radius 2 is 1.89 bits per heavy atom. The van der Waals surface area contributed by atoms with E-state index in [-0.39, 0.29) is 17.4 Å². The first-order valence-electron chi connectivity index (χ1n) is 4.95. The largest absolute Gasteiger partial charge is 0.391 e. The van der Waals surface area contributed by atoms with Crippen LogP contribution in [0.2, 0.25) is 0 Å². The smallest absolute Gasteiger partial charge is 0.250 e. The molecule has 18 heavy (non-hydrogen) atoms. The molecule has 0 spiro atoms.